The minimum atomic E-state index is -0.462. The van der Waals surface area contributed by atoms with Crippen LogP contribution in [0.15, 0.2) is 82.8 Å². The SMILES string of the molecule is N#C/C(=C\c1ccc(OCc2cccc(Cl)c2)c(Br)c1)C(=O)Nc1ccccc1. The number of halogens is 2. The number of para-hydroxylation sites is 1. The molecule has 0 unspecified atom stereocenters. The number of nitrogens with zero attached hydrogens (tertiary/aromatic N) is 1. The highest BCUT2D eigenvalue weighted by Crippen LogP contribution is 2.28. The summed E-state index contributed by atoms with van der Waals surface area (Å²) in [5.74, 6) is 0.186. The maximum absolute atomic E-state index is 12.3. The zero-order valence-electron chi connectivity index (χ0n) is 15.2. The van der Waals surface area contributed by atoms with Crippen molar-refractivity contribution < 1.29 is 9.53 Å². The number of amides is 1. The molecule has 3 aromatic rings. The van der Waals surface area contributed by atoms with Gasteiger partial charge in [0.25, 0.3) is 5.91 Å². The van der Waals surface area contributed by atoms with Crippen molar-refractivity contribution in [2.75, 3.05) is 5.32 Å². The van der Waals surface area contributed by atoms with Crippen LogP contribution in [0.1, 0.15) is 11.1 Å². The zero-order chi connectivity index (χ0) is 20.6. The standard InChI is InChI=1S/C23H16BrClN2O2/c24-21-13-16(9-10-22(21)29-15-17-5-4-6-19(25)12-17)11-18(14-26)23(28)27-20-7-2-1-3-8-20/h1-13H,15H2,(H,27,28)/b18-11+. The van der Waals surface area contributed by atoms with Gasteiger partial charge < -0.3 is 10.1 Å². The first-order valence-electron chi connectivity index (χ1n) is 8.70. The first-order valence-corrected chi connectivity index (χ1v) is 9.87. The van der Waals surface area contributed by atoms with Crippen molar-refractivity contribution in [3.8, 4) is 11.8 Å². The van der Waals surface area contributed by atoms with Gasteiger partial charge in [-0.2, -0.15) is 5.26 Å². The van der Waals surface area contributed by atoms with Crippen LogP contribution in [0.3, 0.4) is 0 Å². The third kappa shape index (κ3) is 5.95. The summed E-state index contributed by atoms with van der Waals surface area (Å²) in [6, 6.07) is 23.7. The maximum atomic E-state index is 12.3. The quantitative estimate of drug-likeness (QED) is 0.345. The summed E-state index contributed by atoms with van der Waals surface area (Å²) in [7, 11) is 0. The first kappa shape index (κ1) is 20.7. The van der Waals surface area contributed by atoms with Gasteiger partial charge in [0.05, 0.1) is 4.47 Å². The summed E-state index contributed by atoms with van der Waals surface area (Å²) in [5.41, 5.74) is 2.29. The third-order valence-electron chi connectivity index (χ3n) is 3.95. The molecule has 1 amide bonds. The third-order valence-corrected chi connectivity index (χ3v) is 4.80. The number of nitrogens with one attached hydrogen (secondary N) is 1. The van der Waals surface area contributed by atoms with Crippen molar-refractivity contribution in [1.29, 1.82) is 5.26 Å². The van der Waals surface area contributed by atoms with E-state index in [4.69, 9.17) is 16.3 Å². The van der Waals surface area contributed by atoms with Crippen molar-refractivity contribution in [2.24, 2.45) is 0 Å². The second-order valence-corrected chi connectivity index (χ2v) is 7.39. The lowest BCUT2D eigenvalue weighted by Crippen LogP contribution is -2.13. The van der Waals surface area contributed by atoms with Gasteiger partial charge in [-0.1, -0.05) is 48.0 Å². The molecule has 0 spiro atoms. The Balaban J connectivity index is 1.71. The Hall–Kier alpha value is -3.07. The minimum absolute atomic E-state index is 0.00773. The van der Waals surface area contributed by atoms with Crippen LogP contribution >= 0.6 is 27.5 Å². The van der Waals surface area contributed by atoms with Gasteiger partial charge in [0.2, 0.25) is 0 Å². The number of hydrogen-bond donors (Lipinski definition) is 1. The molecule has 0 saturated carbocycles. The Morgan fingerprint density at radius 2 is 1.90 bits per heavy atom. The van der Waals surface area contributed by atoms with Crippen LogP contribution in [-0.4, -0.2) is 5.91 Å². The highest BCUT2D eigenvalue weighted by Gasteiger charge is 2.10. The lowest BCUT2D eigenvalue weighted by molar-refractivity contribution is -0.112. The molecular formula is C23H16BrClN2O2. The molecule has 0 bridgehead atoms. The van der Waals surface area contributed by atoms with Crippen LogP contribution in [0.25, 0.3) is 6.08 Å². The number of rotatable bonds is 6. The zero-order valence-corrected chi connectivity index (χ0v) is 17.6. The van der Waals surface area contributed by atoms with Crippen molar-refractivity contribution >= 4 is 45.2 Å². The number of hydrogen-bond acceptors (Lipinski definition) is 3. The second kappa shape index (κ2) is 9.92. The fourth-order valence-electron chi connectivity index (χ4n) is 2.55. The molecule has 0 aromatic heterocycles. The van der Waals surface area contributed by atoms with Crippen LogP contribution in [0.2, 0.25) is 5.02 Å². The number of benzene rings is 3. The average molecular weight is 468 g/mol. The predicted octanol–water partition coefficient (Wildman–Crippen LogP) is 6.23. The Morgan fingerprint density at radius 1 is 1.10 bits per heavy atom. The van der Waals surface area contributed by atoms with E-state index in [1.807, 2.05) is 48.5 Å². The molecule has 29 heavy (non-hydrogen) atoms. The van der Waals surface area contributed by atoms with Crippen LogP contribution in [0.4, 0.5) is 5.69 Å². The molecule has 0 aliphatic heterocycles. The average Bonchev–Trinajstić information content (AvgIpc) is 2.72. The molecule has 0 atom stereocenters. The summed E-state index contributed by atoms with van der Waals surface area (Å²) in [6.45, 7) is 0.372. The smallest absolute Gasteiger partial charge is 0.266 e. The molecular weight excluding hydrogens is 452 g/mol. The number of carbonyl (C=O) groups excluding carboxylic acids is 1. The van der Waals surface area contributed by atoms with Gasteiger partial charge >= 0.3 is 0 Å². The predicted molar refractivity (Wildman–Crippen MR) is 119 cm³/mol. The Kier molecular flexibility index (Phi) is 7.07. The summed E-state index contributed by atoms with van der Waals surface area (Å²) < 4.78 is 6.54. The van der Waals surface area contributed by atoms with Crippen molar-refractivity contribution in [2.45, 2.75) is 6.61 Å². The van der Waals surface area contributed by atoms with Gasteiger partial charge in [0.15, 0.2) is 0 Å². The summed E-state index contributed by atoms with van der Waals surface area (Å²) in [4.78, 5) is 12.3. The topological polar surface area (TPSA) is 62.1 Å². The van der Waals surface area contributed by atoms with E-state index in [2.05, 4.69) is 21.2 Å². The minimum Gasteiger partial charge on any atom is -0.488 e. The Morgan fingerprint density at radius 3 is 2.59 bits per heavy atom. The molecule has 3 rings (SSSR count). The highest BCUT2D eigenvalue weighted by molar-refractivity contribution is 9.10. The van der Waals surface area contributed by atoms with Gasteiger partial charge in [-0.15, -0.1) is 0 Å². The van der Waals surface area contributed by atoms with E-state index in [9.17, 15) is 10.1 Å². The molecule has 0 heterocycles. The lowest BCUT2D eigenvalue weighted by Gasteiger charge is -2.09. The van der Waals surface area contributed by atoms with E-state index in [0.717, 1.165) is 5.56 Å². The Bertz CT molecular complexity index is 1090. The molecule has 0 fully saturated rings. The molecule has 144 valence electrons. The molecule has 4 nitrogen and oxygen atoms in total. The fourth-order valence-corrected chi connectivity index (χ4v) is 3.27. The van der Waals surface area contributed by atoms with E-state index in [1.54, 1.807) is 30.3 Å². The molecule has 0 aliphatic rings. The number of nitriles is 1. The van der Waals surface area contributed by atoms with Gasteiger partial charge in [-0.05, 0) is 69.5 Å². The Labute approximate surface area is 182 Å². The van der Waals surface area contributed by atoms with Crippen LogP contribution in [0.5, 0.6) is 5.75 Å². The van der Waals surface area contributed by atoms with Crippen molar-refractivity contribution in [1.82, 2.24) is 0 Å². The maximum Gasteiger partial charge on any atom is 0.266 e. The molecule has 0 saturated heterocycles. The van der Waals surface area contributed by atoms with Crippen LogP contribution in [0, 0.1) is 11.3 Å². The van der Waals surface area contributed by atoms with E-state index in [1.165, 1.54) is 6.08 Å². The van der Waals surface area contributed by atoms with Crippen molar-refractivity contribution in [3.05, 3.63) is 99.0 Å². The van der Waals surface area contributed by atoms with E-state index in [-0.39, 0.29) is 5.57 Å². The summed E-state index contributed by atoms with van der Waals surface area (Å²) in [5, 5.41) is 12.7. The highest BCUT2D eigenvalue weighted by atomic mass is 79.9. The van der Waals surface area contributed by atoms with E-state index in [0.29, 0.717) is 33.1 Å². The monoisotopic (exact) mass is 466 g/mol. The van der Waals surface area contributed by atoms with E-state index < -0.39 is 5.91 Å². The number of ether oxygens (including phenoxy) is 1. The van der Waals surface area contributed by atoms with Gasteiger partial charge in [-0.3, -0.25) is 4.79 Å². The van der Waals surface area contributed by atoms with Crippen LogP contribution in [-0.2, 0) is 11.4 Å². The second-order valence-electron chi connectivity index (χ2n) is 6.10. The first-order chi connectivity index (χ1) is 14.0. The summed E-state index contributed by atoms with van der Waals surface area (Å²) in [6.07, 6.45) is 1.53. The lowest BCUT2D eigenvalue weighted by atomic mass is 10.1. The molecule has 6 heteroatoms. The van der Waals surface area contributed by atoms with Gasteiger partial charge in [-0.25, -0.2) is 0 Å². The number of carbonyl (C=O) groups is 1. The largest absolute Gasteiger partial charge is 0.488 e. The van der Waals surface area contributed by atoms with Crippen molar-refractivity contribution in [3.63, 3.8) is 0 Å². The molecule has 3 aromatic carbocycles. The molecule has 1 N–H and O–H groups in total. The molecule has 0 aliphatic carbocycles. The van der Waals surface area contributed by atoms with Gasteiger partial charge in [0.1, 0.15) is 24.0 Å². The van der Waals surface area contributed by atoms with E-state index >= 15 is 0 Å². The summed E-state index contributed by atoms with van der Waals surface area (Å²) >= 11 is 9.46. The molecule has 0 radical (unpaired) electrons. The normalized spacial score (nSPS) is 10.9. The van der Waals surface area contributed by atoms with Gasteiger partial charge in [0, 0.05) is 10.7 Å². The van der Waals surface area contributed by atoms with Crippen LogP contribution < -0.4 is 10.1 Å². The number of anilines is 1. The fraction of sp³-hybridized carbons (Fsp3) is 0.0435.